The molecule has 3 rings (SSSR count). The second kappa shape index (κ2) is 4.82. The van der Waals surface area contributed by atoms with E-state index in [2.05, 4.69) is 5.32 Å². The maximum absolute atomic E-state index is 12.4. The highest BCUT2D eigenvalue weighted by molar-refractivity contribution is 6.14. The number of aromatic hydroxyl groups is 1. The Hall–Kier alpha value is -3.02. The number of hydrogen-bond donors (Lipinski definition) is 3. The fourth-order valence-electron chi connectivity index (χ4n) is 2.26. The zero-order valence-electron chi connectivity index (χ0n) is 10.7. The van der Waals surface area contributed by atoms with Crippen LogP contribution in [-0.4, -0.2) is 21.9 Å². The first-order chi connectivity index (χ1) is 10.1. The number of furan rings is 1. The minimum Gasteiger partial charge on any atom is -0.508 e. The summed E-state index contributed by atoms with van der Waals surface area (Å²) >= 11 is 0. The van der Waals surface area contributed by atoms with Crippen LogP contribution >= 0.6 is 0 Å². The quantitative estimate of drug-likeness (QED) is 0.747. The molecule has 3 N–H and O–H groups in total. The molecule has 1 aromatic heterocycles. The van der Waals surface area contributed by atoms with Crippen molar-refractivity contribution in [2.75, 3.05) is 0 Å². The van der Waals surface area contributed by atoms with Crippen molar-refractivity contribution in [2.45, 2.75) is 6.04 Å². The van der Waals surface area contributed by atoms with Crippen molar-refractivity contribution in [1.82, 2.24) is 5.32 Å². The van der Waals surface area contributed by atoms with Crippen LogP contribution in [0.15, 0.2) is 58.4 Å². The number of rotatable bonds is 3. The number of hydrogen-bond acceptors (Lipinski definition) is 5. The lowest BCUT2D eigenvalue weighted by Gasteiger charge is -2.14. The Morgan fingerprint density at radius 2 is 2.00 bits per heavy atom. The third-order valence-electron chi connectivity index (χ3n) is 3.23. The van der Waals surface area contributed by atoms with Crippen LogP contribution < -0.4 is 5.32 Å². The van der Waals surface area contributed by atoms with E-state index >= 15 is 0 Å². The van der Waals surface area contributed by atoms with Gasteiger partial charge in [-0.2, -0.15) is 0 Å². The number of aliphatic hydroxyl groups excluding tert-OH is 1. The first kappa shape index (κ1) is 13.0. The number of amides is 1. The van der Waals surface area contributed by atoms with E-state index in [1.807, 2.05) is 0 Å². The molecule has 0 radical (unpaired) electrons. The maximum Gasteiger partial charge on any atom is 0.287 e. The van der Waals surface area contributed by atoms with Crippen molar-refractivity contribution in [3.63, 3.8) is 0 Å². The number of carbonyl (C=O) groups is 2. The Balaban J connectivity index is 2.06. The molecule has 106 valence electrons. The molecular weight excluding hydrogens is 274 g/mol. The molecule has 2 aromatic rings. The van der Waals surface area contributed by atoms with Crippen LogP contribution in [0.2, 0.25) is 0 Å². The highest BCUT2D eigenvalue weighted by Gasteiger charge is 2.38. The molecule has 0 saturated carbocycles. The molecule has 0 bridgehead atoms. The monoisotopic (exact) mass is 285 g/mol. The second-order valence-corrected chi connectivity index (χ2v) is 4.57. The predicted molar refractivity (Wildman–Crippen MR) is 71.7 cm³/mol. The highest BCUT2D eigenvalue weighted by atomic mass is 16.3. The molecule has 1 atom stereocenters. The summed E-state index contributed by atoms with van der Waals surface area (Å²) in [6.45, 7) is 0. The fraction of sp³-hybridized carbons (Fsp3) is 0.0667. The van der Waals surface area contributed by atoms with Gasteiger partial charge >= 0.3 is 0 Å². The van der Waals surface area contributed by atoms with Crippen LogP contribution in [0.25, 0.3) is 0 Å². The number of nitrogens with one attached hydrogen (secondary N) is 1. The molecule has 21 heavy (non-hydrogen) atoms. The molecule has 1 aromatic carbocycles. The molecule has 0 unspecified atom stereocenters. The summed E-state index contributed by atoms with van der Waals surface area (Å²) in [5, 5.41) is 21.9. The van der Waals surface area contributed by atoms with E-state index in [1.165, 1.54) is 24.5 Å². The first-order valence-corrected chi connectivity index (χ1v) is 6.19. The summed E-state index contributed by atoms with van der Waals surface area (Å²) in [6, 6.07) is 8.27. The van der Waals surface area contributed by atoms with Crippen molar-refractivity contribution >= 4 is 11.7 Å². The van der Waals surface area contributed by atoms with Crippen LogP contribution in [0.3, 0.4) is 0 Å². The van der Waals surface area contributed by atoms with Gasteiger partial charge in [0.15, 0.2) is 11.5 Å². The number of phenolic OH excluding ortho intramolecular Hbond substituents is 1. The first-order valence-electron chi connectivity index (χ1n) is 6.19. The van der Waals surface area contributed by atoms with Crippen LogP contribution in [-0.2, 0) is 4.79 Å². The number of Topliss-reactive ketones (excluding diaryl/α,β-unsaturated/α-hetero) is 1. The smallest absolute Gasteiger partial charge is 0.287 e. The highest BCUT2D eigenvalue weighted by Crippen LogP contribution is 2.33. The topological polar surface area (TPSA) is 99.8 Å². The van der Waals surface area contributed by atoms with Gasteiger partial charge < -0.3 is 19.9 Å². The third-order valence-corrected chi connectivity index (χ3v) is 3.23. The van der Waals surface area contributed by atoms with E-state index in [4.69, 9.17) is 4.42 Å². The van der Waals surface area contributed by atoms with Gasteiger partial charge in [-0.25, -0.2) is 0 Å². The van der Waals surface area contributed by atoms with E-state index in [0.717, 1.165) is 0 Å². The van der Waals surface area contributed by atoms with Gasteiger partial charge in [0.25, 0.3) is 5.91 Å². The van der Waals surface area contributed by atoms with Crippen LogP contribution in [0, 0.1) is 0 Å². The Kier molecular flexibility index (Phi) is 2.98. The molecule has 0 fully saturated rings. The number of benzene rings is 1. The molecular formula is C15H11NO5. The van der Waals surface area contributed by atoms with E-state index in [0.29, 0.717) is 5.56 Å². The fourth-order valence-corrected chi connectivity index (χ4v) is 2.26. The molecule has 1 aliphatic rings. The van der Waals surface area contributed by atoms with Gasteiger partial charge in [0.05, 0.1) is 17.9 Å². The van der Waals surface area contributed by atoms with Gasteiger partial charge in [0.2, 0.25) is 5.78 Å². The number of aliphatic hydroxyl groups is 1. The summed E-state index contributed by atoms with van der Waals surface area (Å²) in [5.74, 6) is -1.93. The Bertz CT molecular complexity index is 745. The average Bonchev–Trinajstić information content (AvgIpc) is 3.08. The van der Waals surface area contributed by atoms with E-state index < -0.39 is 23.5 Å². The molecule has 6 nitrogen and oxygen atoms in total. The largest absolute Gasteiger partial charge is 0.508 e. The molecule has 2 heterocycles. The summed E-state index contributed by atoms with van der Waals surface area (Å²) in [4.78, 5) is 24.0. The van der Waals surface area contributed by atoms with E-state index in [9.17, 15) is 19.8 Å². The normalized spacial score (nSPS) is 17.9. The van der Waals surface area contributed by atoms with E-state index in [1.54, 1.807) is 18.2 Å². The molecule has 0 saturated heterocycles. The van der Waals surface area contributed by atoms with Gasteiger partial charge in [-0.15, -0.1) is 0 Å². The Morgan fingerprint density at radius 1 is 1.19 bits per heavy atom. The van der Waals surface area contributed by atoms with Gasteiger partial charge in [-0.1, -0.05) is 12.1 Å². The summed E-state index contributed by atoms with van der Waals surface area (Å²) in [6.07, 6.45) is 1.33. The summed E-state index contributed by atoms with van der Waals surface area (Å²) < 4.78 is 5.02. The summed E-state index contributed by atoms with van der Waals surface area (Å²) in [7, 11) is 0. The lowest BCUT2D eigenvalue weighted by molar-refractivity contribution is -0.119. The molecule has 0 spiro atoms. The predicted octanol–water partition coefficient (Wildman–Crippen LogP) is 1.85. The van der Waals surface area contributed by atoms with Gasteiger partial charge in [-0.3, -0.25) is 9.59 Å². The minimum absolute atomic E-state index is 0.00191. The zero-order chi connectivity index (χ0) is 15.0. The number of phenols is 1. The maximum atomic E-state index is 12.4. The minimum atomic E-state index is -0.831. The van der Waals surface area contributed by atoms with Crippen molar-refractivity contribution in [3.05, 3.63) is 65.3 Å². The number of ketones is 1. The lowest BCUT2D eigenvalue weighted by atomic mass is 9.96. The number of carbonyl (C=O) groups excluding carboxylic acids is 2. The Morgan fingerprint density at radius 3 is 2.67 bits per heavy atom. The van der Waals surface area contributed by atoms with Gasteiger partial charge in [-0.05, 0) is 29.8 Å². The van der Waals surface area contributed by atoms with E-state index in [-0.39, 0.29) is 17.1 Å². The standard InChI is InChI=1S/C15H11NO5/c17-9-4-1-3-8(7-9)12-11(14(19)15(20)16-12)13(18)10-5-2-6-21-10/h1-7,12,17,19H,(H,16,20)/t12-/m1/s1. The third kappa shape index (κ3) is 2.16. The van der Waals surface area contributed by atoms with Crippen LogP contribution in [0.1, 0.15) is 22.2 Å². The zero-order valence-corrected chi connectivity index (χ0v) is 10.7. The Labute approximate surface area is 119 Å². The van der Waals surface area contributed by atoms with Gasteiger partial charge in [0.1, 0.15) is 5.75 Å². The van der Waals surface area contributed by atoms with Crippen LogP contribution in [0.4, 0.5) is 0 Å². The van der Waals surface area contributed by atoms with Gasteiger partial charge in [0, 0.05) is 0 Å². The summed E-state index contributed by atoms with van der Waals surface area (Å²) in [5.41, 5.74) is 0.392. The van der Waals surface area contributed by atoms with Crippen molar-refractivity contribution in [3.8, 4) is 5.75 Å². The van der Waals surface area contributed by atoms with Crippen molar-refractivity contribution in [2.24, 2.45) is 0 Å². The molecule has 1 aliphatic heterocycles. The van der Waals surface area contributed by atoms with Crippen LogP contribution in [0.5, 0.6) is 5.75 Å². The lowest BCUT2D eigenvalue weighted by Crippen LogP contribution is -2.23. The molecule has 1 amide bonds. The van der Waals surface area contributed by atoms with Crippen molar-refractivity contribution < 1.29 is 24.2 Å². The molecule has 6 heteroatoms. The molecule has 0 aliphatic carbocycles. The van der Waals surface area contributed by atoms with Crippen molar-refractivity contribution in [1.29, 1.82) is 0 Å². The average molecular weight is 285 g/mol. The second-order valence-electron chi connectivity index (χ2n) is 4.57. The SMILES string of the molecule is O=C1N[C@H](c2cccc(O)c2)C(C(=O)c2ccco2)=C1O.